The minimum Gasteiger partial charge on any atom is -0.505 e. The topological polar surface area (TPSA) is 43.8 Å². The van der Waals surface area contributed by atoms with Gasteiger partial charge in [0.05, 0.1) is 11.3 Å². The van der Waals surface area contributed by atoms with Crippen molar-refractivity contribution in [3.05, 3.63) is 53.6 Å². The van der Waals surface area contributed by atoms with Crippen LogP contribution < -0.4 is 9.80 Å². The summed E-state index contributed by atoms with van der Waals surface area (Å²) < 4.78 is 0. The Kier molecular flexibility index (Phi) is 6.45. The summed E-state index contributed by atoms with van der Waals surface area (Å²) in [6.07, 6.45) is 0. The van der Waals surface area contributed by atoms with E-state index in [1.54, 1.807) is 18.2 Å². The molecule has 4 nitrogen and oxygen atoms in total. The van der Waals surface area contributed by atoms with Gasteiger partial charge >= 0.3 is 0 Å². The Morgan fingerprint density at radius 2 is 1.40 bits per heavy atom. The Hall–Kier alpha value is -2.49. The lowest BCUT2D eigenvalue weighted by Gasteiger charge is -2.31. The number of anilines is 2. The summed E-state index contributed by atoms with van der Waals surface area (Å²) in [6, 6.07) is 12.8. The molecule has 1 N–H and O–H groups in total. The first-order valence-corrected chi connectivity index (χ1v) is 9.04. The second-order valence-corrected chi connectivity index (χ2v) is 5.87. The molecule has 2 aromatic carbocycles. The van der Waals surface area contributed by atoms with Crippen molar-refractivity contribution in [1.29, 1.82) is 0 Å². The van der Waals surface area contributed by atoms with Crippen LogP contribution in [0.1, 0.15) is 43.6 Å². The summed E-state index contributed by atoms with van der Waals surface area (Å²) in [4.78, 5) is 17.1. The van der Waals surface area contributed by atoms with Crippen molar-refractivity contribution in [3.63, 3.8) is 0 Å². The number of phenols is 1. The maximum Gasteiger partial charge on any atom is 0.196 e. The summed E-state index contributed by atoms with van der Waals surface area (Å²) in [5.74, 6) is -0.0837. The van der Waals surface area contributed by atoms with Gasteiger partial charge in [-0.1, -0.05) is 30.3 Å². The summed E-state index contributed by atoms with van der Waals surface area (Å²) in [7, 11) is 0. The maximum absolute atomic E-state index is 12.8. The van der Waals surface area contributed by atoms with E-state index in [0.717, 1.165) is 37.6 Å². The molecule has 134 valence electrons. The van der Waals surface area contributed by atoms with E-state index < -0.39 is 0 Å². The number of carbonyl (C=O) groups excluding carboxylic acids is 1. The molecule has 0 aliphatic rings. The lowest BCUT2D eigenvalue weighted by atomic mass is 10.00. The van der Waals surface area contributed by atoms with Crippen molar-refractivity contribution in [1.82, 2.24) is 0 Å². The SMILES string of the molecule is CCN(CC)c1ccc(C(=O)c2ccccc2)c(O)c1N(CC)CC. The highest BCUT2D eigenvalue weighted by Gasteiger charge is 2.23. The van der Waals surface area contributed by atoms with Crippen molar-refractivity contribution in [2.24, 2.45) is 0 Å². The van der Waals surface area contributed by atoms with Crippen LogP contribution in [0, 0.1) is 0 Å². The van der Waals surface area contributed by atoms with Crippen LogP contribution in [0.2, 0.25) is 0 Å². The van der Waals surface area contributed by atoms with Gasteiger partial charge in [0.2, 0.25) is 0 Å². The number of hydrogen-bond acceptors (Lipinski definition) is 4. The molecule has 2 aromatic rings. The summed E-state index contributed by atoms with van der Waals surface area (Å²) >= 11 is 0. The van der Waals surface area contributed by atoms with Gasteiger partial charge in [-0.05, 0) is 39.8 Å². The van der Waals surface area contributed by atoms with Gasteiger partial charge in [0.1, 0.15) is 5.69 Å². The predicted octanol–water partition coefficient (Wildman–Crippen LogP) is 4.32. The lowest BCUT2D eigenvalue weighted by molar-refractivity contribution is 0.103. The molecule has 0 radical (unpaired) electrons. The average Bonchev–Trinajstić information content (AvgIpc) is 2.65. The molecule has 0 amide bonds. The third-order valence-corrected chi connectivity index (χ3v) is 4.59. The fourth-order valence-corrected chi connectivity index (χ4v) is 3.17. The largest absolute Gasteiger partial charge is 0.505 e. The minimum atomic E-state index is -0.155. The van der Waals surface area contributed by atoms with Gasteiger partial charge in [-0.15, -0.1) is 0 Å². The number of nitrogens with zero attached hydrogens (tertiary/aromatic N) is 2. The quantitative estimate of drug-likeness (QED) is 0.727. The van der Waals surface area contributed by atoms with Gasteiger partial charge in [-0.2, -0.15) is 0 Å². The molecule has 2 rings (SSSR count). The number of ketones is 1. The van der Waals surface area contributed by atoms with Crippen molar-refractivity contribution >= 4 is 17.2 Å². The van der Waals surface area contributed by atoms with Crippen LogP contribution in [0.3, 0.4) is 0 Å². The average molecular weight is 340 g/mol. The van der Waals surface area contributed by atoms with E-state index >= 15 is 0 Å². The first kappa shape index (κ1) is 18.8. The van der Waals surface area contributed by atoms with Crippen LogP contribution in [0.25, 0.3) is 0 Å². The Bertz CT molecular complexity index is 705. The molecular formula is C21H28N2O2. The molecule has 0 bridgehead atoms. The van der Waals surface area contributed by atoms with Crippen molar-refractivity contribution in [3.8, 4) is 5.75 Å². The second-order valence-electron chi connectivity index (χ2n) is 5.87. The van der Waals surface area contributed by atoms with Crippen LogP contribution in [-0.2, 0) is 0 Å². The molecular weight excluding hydrogens is 312 g/mol. The van der Waals surface area contributed by atoms with E-state index in [4.69, 9.17) is 0 Å². The molecule has 0 fully saturated rings. The molecule has 0 aliphatic heterocycles. The van der Waals surface area contributed by atoms with Crippen molar-refractivity contribution in [2.75, 3.05) is 36.0 Å². The molecule has 0 saturated heterocycles. The Labute approximate surface area is 150 Å². The molecule has 0 atom stereocenters. The summed E-state index contributed by atoms with van der Waals surface area (Å²) in [6.45, 7) is 11.5. The summed E-state index contributed by atoms with van der Waals surface area (Å²) in [5.41, 5.74) is 2.65. The molecule has 0 aromatic heterocycles. The smallest absolute Gasteiger partial charge is 0.196 e. The second kappa shape index (κ2) is 8.56. The number of hydrogen-bond donors (Lipinski definition) is 1. The highest BCUT2D eigenvalue weighted by atomic mass is 16.3. The van der Waals surface area contributed by atoms with E-state index in [-0.39, 0.29) is 11.5 Å². The van der Waals surface area contributed by atoms with E-state index in [1.807, 2.05) is 24.3 Å². The normalized spacial score (nSPS) is 10.6. The zero-order valence-electron chi connectivity index (χ0n) is 15.6. The minimum absolute atomic E-state index is 0.0713. The first-order valence-electron chi connectivity index (χ1n) is 9.04. The Morgan fingerprint density at radius 3 is 1.92 bits per heavy atom. The van der Waals surface area contributed by atoms with E-state index in [0.29, 0.717) is 11.1 Å². The third kappa shape index (κ3) is 3.78. The van der Waals surface area contributed by atoms with Crippen LogP contribution in [0.4, 0.5) is 11.4 Å². The lowest BCUT2D eigenvalue weighted by Crippen LogP contribution is -2.28. The molecule has 0 heterocycles. The zero-order valence-corrected chi connectivity index (χ0v) is 15.6. The number of phenolic OH excluding ortho intramolecular Hbond substituents is 1. The number of aromatic hydroxyl groups is 1. The Balaban J connectivity index is 2.61. The van der Waals surface area contributed by atoms with E-state index in [1.165, 1.54) is 0 Å². The van der Waals surface area contributed by atoms with Gasteiger partial charge in [-0.25, -0.2) is 0 Å². The highest BCUT2D eigenvalue weighted by Crippen LogP contribution is 2.41. The fraction of sp³-hybridized carbons (Fsp3) is 0.381. The monoisotopic (exact) mass is 340 g/mol. The van der Waals surface area contributed by atoms with E-state index in [2.05, 4.69) is 37.5 Å². The van der Waals surface area contributed by atoms with Crippen LogP contribution in [-0.4, -0.2) is 37.1 Å². The van der Waals surface area contributed by atoms with Crippen molar-refractivity contribution in [2.45, 2.75) is 27.7 Å². The number of rotatable bonds is 8. The standard InChI is InChI=1S/C21H28N2O2/c1-5-22(6-2)18-15-14-17(20(24)16-12-10-9-11-13-16)21(25)19(18)23(7-3)8-4/h9-15,25H,5-8H2,1-4H3. The van der Waals surface area contributed by atoms with Gasteiger partial charge in [0.15, 0.2) is 11.5 Å². The fourth-order valence-electron chi connectivity index (χ4n) is 3.17. The number of carbonyl (C=O) groups is 1. The van der Waals surface area contributed by atoms with Gasteiger partial charge < -0.3 is 14.9 Å². The van der Waals surface area contributed by atoms with Crippen LogP contribution in [0.15, 0.2) is 42.5 Å². The highest BCUT2D eigenvalue weighted by molar-refractivity contribution is 6.12. The summed E-state index contributed by atoms with van der Waals surface area (Å²) in [5, 5.41) is 11.0. The van der Waals surface area contributed by atoms with Gasteiger partial charge in [-0.3, -0.25) is 4.79 Å². The zero-order chi connectivity index (χ0) is 18.4. The molecule has 0 saturated carbocycles. The predicted molar refractivity (Wildman–Crippen MR) is 105 cm³/mol. The Morgan fingerprint density at radius 1 is 0.840 bits per heavy atom. The number of benzene rings is 2. The molecule has 25 heavy (non-hydrogen) atoms. The first-order chi connectivity index (χ1) is 12.1. The molecule has 4 heteroatoms. The van der Waals surface area contributed by atoms with E-state index in [9.17, 15) is 9.90 Å². The molecule has 0 spiro atoms. The maximum atomic E-state index is 12.8. The van der Waals surface area contributed by atoms with Crippen LogP contribution >= 0.6 is 0 Å². The van der Waals surface area contributed by atoms with Gasteiger partial charge in [0, 0.05) is 31.7 Å². The molecule has 0 aliphatic carbocycles. The third-order valence-electron chi connectivity index (χ3n) is 4.59. The van der Waals surface area contributed by atoms with Gasteiger partial charge in [0.25, 0.3) is 0 Å². The van der Waals surface area contributed by atoms with Crippen molar-refractivity contribution < 1.29 is 9.90 Å². The van der Waals surface area contributed by atoms with Crippen LogP contribution in [0.5, 0.6) is 5.75 Å². The molecule has 0 unspecified atom stereocenters.